The van der Waals surface area contributed by atoms with E-state index in [0.29, 0.717) is 16.3 Å². The van der Waals surface area contributed by atoms with E-state index in [9.17, 15) is 0 Å². The lowest BCUT2D eigenvalue weighted by Gasteiger charge is -2.11. The van der Waals surface area contributed by atoms with E-state index in [-0.39, 0.29) is 0 Å². The van der Waals surface area contributed by atoms with Crippen LogP contribution in [0.1, 0.15) is 18.4 Å². The molecule has 0 radical (unpaired) electrons. The molecule has 14 heavy (non-hydrogen) atoms. The maximum atomic E-state index is 5.94. The van der Waals surface area contributed by atoms with Crippen molar-refractivity contribution in [2.24, 2.45) is 0 Å². The summed E-state index contributed by atoms with van der Waals surface area (Å²) in [5, 5.41) is 4.33. The van der Waals surface area contributed by atoms with E-state index in [1.807, 2.05) is 0 Å². The maximum absolute atomic E-state index is 5.94. The monoisotopic (exact) mass is 231 g/mol. The van der Waals surface area contributed by atoms with Crippen LogP contribution in [-0.2, 0) is 6.42 Å². The lowest BCUT2D eigenvalue weighted by molar-refractivity contribution is 0.601. The van der Waals surface area contributed by atoms with Crippen molar-refractivity contribution in [3.05, 3.63) is 22.2 Å². The molecule has 1 aromatic heterocycles. The van der Waals surface area contributed by atoms with E-state index < -0.39 is 0 Å². The quantitative estimate of drug-likeness (QED) is 0.793. The van der Waals surface area contributed by atoms with Gasteiger partial charge in [0, 0.05) is 11.6 Å². The van der Waals surface area contributed by atoms with E-state index in [0.717, 1.165) is 18.5 Å². The van der Waals surface area contributed by atoms with Gasteiger partial charge in [-0.1, -0.05) is 23.2 Å². The Bertz CT molecular complexity index is 304. The molecule has 1 N–H and O–H groups in total. The van der Waals surface area contributed by atoms with Crippen molar-refractivity contribution in [1.29, 1.82) is 0 Å². The van der Waals surface area contributed by atoms with Crippen molar-refractivity contribution >= 4 is 23.2 Å². The maximum Gasteiger partial charge on any atom is 0.137 e. The Morgan fingerprint density at radius 1 is 1.36 bits per heavy atom. The molecule has 1 fully saturated rings. The second kappa shape index (κ2) is 4.43. The summed E-state index contributed by atoms with van der Waals surface area (Å²) >= 11 is 11.9. The van der Waals surface area contributed by atoms with Crippen LogP contribution in [0.4, 0.5) is 0 Å². The highest BCUT2D eigenvalue weighted by Gasteiger charge is 2.18. The fourth-order valence-corrected chi connectivity index (χ4v) is 2.19. The summed E-state index contributed by atoms with van der Waals surface area (Å²) in [5.41, 5.74) is 0.857. The van der Waals surface area contributed by atoms with Crippen LogP contribution in [0.5, 0.6) is 0 Å². The fourth-order valence-electron chi connectivity index (χ4n) is 1.72. The van der Waals surface area contributed by atoms with Crippen LogP contribution in [0.25, 0.3) is 0 Å². The molecule has 0 aromatic carbocycles. The molecule has 2 heterocycles. The summed E-state index contributed by atoms with van der Waals surface area (Å²) in [6.45, 7) is 1.08. The number of hydrogen-bond donors (Lipinski definition) is 1. The highest BCUT2D eigenvalue weighted by Crippen LogP contribution is 2.23. The zero-order valence-electron chi connectivity index (χ0n) is 7.63. The Hall–Kier alpha value is -0.380. The summed E-state index contributed by atoms with van der Waals surface area (Å²) in [4.78, 5) is 7.85. The predicted octanol–water partition coefficient (Wildman–Crippen LogP) is 2.08. The summed E-state index contributed by atoms with van der Waals surface area (Å²) < 4.78 is 0. The van der Waals surface area contributed by atoms with E-state index in [4.69, 9.17) is 23.2 Å². The van der Waals surface area contributed by atoms with Gasteiger partial charge in [-0.05, 0) is 25.8 Å². The Morgan fingerprint density at radius 3 is 2.64 bits per heavy atom. The number of rotatable bonds is 2. The van der Waals surface area contributed by atoms with Gasteiger partial charge in [0.25, 0.3) is 0 Å². The molecule has 1 atom stereocenters. The van der Waals surface area contributed by atoms with Gasteiger partial charge in [0.2, 0.25) is 0 Å². The molecule has 1 unspecified atom stereocenters. The van der Waals surface area contributed by atoms with E-state index in [1.54, 1.807) is 0 Å². The third-order valence-corrected chi connectivity index (χ3v) is 3.10. The molecule has 2 rings (SSSR count). The van der Waals surface area contributed by atoms with Gasteiger partial charge in [0.15, 0.2) is 0 Å². The van der Waals surface area contributed by atoms with Gasteiger partial charge < -0.3 is 5.32 Å². The van der Waals surface area contributed by atoms with Crippen molar-refractivity contribution in [3.63, 3.8) is 0 Å². The molecule has 1 aliphatic rings. The first-order valence-corrected chi connectivity index (χ1v) is 5.41. The molecular weight excluding hydrogens is 221 g/mol. The minimum absolute atomic E-state index is 0.469. The summed E-state index contributed by atoms with van der Waals surface area (Å²) in [6, 6.07) is 0.469. The van der Waals surface area contributed by atoms with Crippen LogP contribution in [0.3, 0.4) is 0 Å². The second-order valence-corrected chi connectivity index (χ2v) is 4.15. The van der Waals surface area contributed by atoms with E-state index in [1.165, 1.54) is 19.2 Å². The van der Waals surface area contributed by atoms with Crippen molar-refractivity contribution in [3.8, 4) is 0 Å². The van der Waals surface area contributed by atoms with Gasteiger partial charge in [-0.3, -0.25) is 0 Å². The number of aromatic nitrogens is 2. The van der Waals surface area contributed by atoms with Crippen molar-refractivity contribution in [2.75, 3.05) is 6.54 Å². The highest BCUT2D eigenvalue weighted by atomic mass is 35.5. The first kappa shape index (κ1) is 10.1. The van der Waals surface area contributed by atoms with E-state index >= 15 is 0 Å². The largest absolute Gasteiger partial charge is 0.314 e. The molecule has 1 saturated heterocycles. The van der Waals surface area contributed by atoms with Crippen molar-refractivity contribution in [2.45, 2.75) is 25.3 Å². The Morgan fingerprint density at radius 2 is 2.07 bits per heavy atom. The van der Waals surface area contributed by atoms with Gasteiger partial charge in [0.05, 0.1) is 0 Å². The van der Waals surface area contributed by atoms with Crippen molar-refractivity contribution in [1.82, 2.24) is 15.3 Å². The summed E-state index contributed by atoms with van der Waals surface area (Å²) in [7, 11) is 0. The van der Waals surface area contributed by atoms with Gasteiger partial charge in [-0.25, -0.2) is 9.97 Å². The molecule has 1 aliphatic heterocycles. The molecule has 0 saturated carbocycles. The third-order valence-electron chi connectivity index (χ3n) is 2.45. The van der Waals surface area contributed by atoms with Crippen LogP contribution < -0.4 is 5.32 Å². The zero-order chi connectivity index (χ0) is 9.97. The molecular formula is C9H11Cl2N3. The molecule has 76 valence electrons. The number of halogens is 2. The van der Waals surface area contributed by atoms with Crippen molar-refractivity contribution < 1.29 is 0 Å². The first-order chi connectivity index (χ1) is 6.77. The first-order valence-electron chi connectivity index (χ1n) is 4.65. The SMILES string of the molecule is Clc1ncnc(Cl)c1CC1CCCN1. The summed E-state index contributed by atoms with van der Waals surface area (Å²) in [6.07, 6.45) is 4.59. The normalized spacial score (nSPS) is 21.4. The van der Waals surface area contributed by atoms with Crippen LogP contribution in [0.15, 0.2) is 6.33 Å². The standard InChI is InChI=1S/C9H11Cl2N3/c10-8-7(9(11)14-5-13-8)4-6-2-1-3-12-6/h5-6,12H,1-4H2. The molecule has 3 nitrogen and oxygen atoms in total. The average molecular weight is 232 g/mol. The summed E-state index contributed by atoms with van der Waals surface area (Å²) in [5.74, 6) is 0. The fraction of sp³-hybridized carbons (Fsp3) is 0.556. The smallest absolute Gasteiger partial charge is 0.137 e. The molecule has 5 heteroatoms. The minimum atomic E-state index is 0.469. The van der Waals surface area contributed by atoms with Crippen LogP contribution in [0.2, 0.25) is 10.3 Å². The third kappa shape index (κ3) is 2.16. The lowest BCUT2D eigenvalue weighted by atomic mass is 10.1. The van der Waals surface area contributed by atoms with E-state index in [2.05, 4.69) is 15.3 Å². The number of nitrogens with one attached hydrogen (secondary N) is 1. The highest BCUT2D eigenvalue weighted by molar-refractivity contribution is 6.34. The predicted molar refractivity (Wildman–Crippen MR) is 56.8 cm³/mol. The Labute approximate surface area is 92.8 Å². The number of hydrogen-bond acceptors (Lipinski definition) is 3. The lowest BCUT2D eigenvalue weighted by Crippen LogP contribution is -2.24. The molecule has 0 spiro atoms. The van der Waals surface area contributed by atoms with Crippen LogP contribution in [0, 0.1) is 0 Å². The van der Waals surface area contributed by atoms with Gasteiger partial charge in [-0.2, -0.15) is 0 Å². The molecule has 0 amide bonds. The second-order valence-electron chi connectivity index (χ2n) is 3.43. The molecule has 1 aromatic rings. The van der Waals surface area contributed by atoms with Gasteiger partial charge >= 0.3 is 0 Å². The average Bonchev–Trinajstić information content (AvgIpc) is 2.64. The molecule has 0 bridgehead atoms. The van der Waals surface area contributed by atoms with Crippen LogP contribution in [-0.4, -0.2) is 22.6 Å². The number of nitrogens with zero attached hydrogens (tertiary/aromatic N) is 2. The topological polar surface area (TPSA) is 37.8 Å². The Kier molecular flexibility index (Phi) is 3.21. The minimum Gasteiger partial charge on any atom is -0.314 e. The Balaban J connectivity index is 2.14. The molecule has 0 aliphatic carbocycles. The van der Waals surface area contributed by atoms with Gasteiger partial charge in [0.1, 0.15) is 16.6 Å². The zero-order valence-corrected chi connectivity index (χ0v) is 9.15. The van der Waals surface area contributed by atoms with Crippen LogP contribution >= 0.6 is 23.2 Å². The van der Waals surface area contributed by atoms with Gasteiger partial charge in [-0.15, -0.1) is 0 Å².